The van der Waals surface area contributed by atoms with Crippen molar-refractivity contribution in [2.45, 2.75) is 78.4 Å². The van der Waals surface area contributed by atoms with Gasteiger partial charge < -0.3 is 5.32 Å². The van der Waals surface area contributed by atoms with Crippen molar-refractivity contribution in [1.82, 2.24) is 10.2 Å². The molecule has 1 aliphatic heterocycles. The van der Waals surface area contributed by atoms with E-state index < -0.39 is 0 Å². The van der Waals surface area contributed by atoms with E-state index in [2.05, 4.69) is 51.8 Å². The Hall–Kier alpha value is -0.0800. The molecule has 1 aliphatic carbocycles. The Morgan fingerprint density at radius 3 is 2.17 bits per heavy atom. The summed E-state index contributed by atoms with van der Waals surface area (Å²) in [6.45, 7) is 16.7. The molecule has 2 heteroatoms. The fraction of sp³-hybridized carbons (Fsp3) is 1.00. The molecule has 1 saturated heterocycles. The minimum Gasteiger partial charge on any atom is -0.311 e. The van der Waals surface area contributed by atoms with Crippen LogP contribution in [-0.2, 0) is 0 Å². The molecule has 1 saturated carbocycles. The molecule has 106 valence electrons. The topological polar surface area (TPSA) is 15.3 Å². The second-order valence-corrected chi connectivity index (χ2v) is 7.97. The standard InChI is InChI=1S/C16H32N2/c1-7-13-10-17-14(15(2,3)4)11-18(13)16(5,6)12-8-9-12/h12-14,17H,7-11H2,1-6H3. The molecule has 18 heavy (non-hydrogen) atoms. The smallest absolute Gasteiger partial charge is 0.0244 e. The van der Waals surface area contributed by atoms with E-state index in [4.69, 9.17) is 0 Å². The van der Waals surface area contributed by atoms with Gasteiger partial charge in [0.05, 0.1) is 0 Å². The summed E-state index contributed by atoms with van der Waals surface area (Å²) < 4.78 is 0. The number of hydrogen-bond acceptors (Lipinski definition) is 2. The van der Waals surface area contributed by atoms with E-state index in [0.717, 1.165) is 18.5 Å². The van der Waals surface area contributed by atoms with Crippen LogP contribution in [0.1, 0.15) is 60.8 Å². The minimum atomic E-state index is 0.358. The van der Waals surface area contributed by atoms with Gasteiger partial charge >= 0.3 is 0 Å². The van der Waals surface area contributed by atoms with Crippen LogP contribution >= 0.6 is 0 Å². The largest absolute Gasteiger partial charge is 0.311 e. The summed E-state index contributed by atoms with van der Waals surface area (Å²) in [6.07, 6.45) is 4.14. The number of nitrogens with one attached hydrogen (secondary N) is 1. The highest BCUT2D eigenvalue weighted by atomic mass is 15.3. The summed E-state index contributed by atoms with van der Waals surface area (Å²) in [7, 11) is 0. The monoisotopic (exact) mass is 252 g/mol. The van der Waals surface area contributed by atoms with Crippen LogP contribution in [0.3, 0.4) is 0 Å². The molecule has 0 radical (unpaired) electrons. The van der Waals surface area contributed by atoms with Crippen molar-refractivity contribution >= 4 is 0 Å². The Balaban J connectivity index is 2.13. The summed E-state index contributed by atoms with van der Waals surface area (Å²) >= 11 is 0. The van der Waals surface area contributed by atoms with E-state index in [1.807, 2.05) is 0 Å². The van der Waals surface area contributed by atoms with Gasteiger partial charge in [0.25, 0.3) is 0 Å². The second kappa shape index (κ2) is 4.79. The third-order valence-electron chi connectivity index (χ3n) is 5.25. The lowest BCUT2D eigenvalue weighted by molar-refractivity contribution is -0.00421. The van der Waals surface area contributed by atoms with Gasteiger partial charge in [0, 0.05) is 30.7 Å². The minimum absolute atomic E-state index is 0.358. The predicted molar refractivity (Wildman–Crippen MR) is 78.8 cm³/mol. The maximum atomic E-state index is 3.78. The van der Waals surface area contributed by atoms with Crippen LogP contribution in [0.2, 0.25) is 0 Å². The van der Waals surface area contributed by atoms with Gasteiger partial charge in [0.1, 0.15) is 0 Å². The first-order valence-electron chi connectivity index (χ1n) is 7.77. The van der Waals surface area contributed by atoms with Crippen LogP contribution in [0.4, 0.5) is 0 Å². The van der Waals surface area contributed by atoms with E-state index in [1.54, 1.807) is 0 Å². The van der Waals surface area contributed by atoms with Crippen molar-refractivity contribution < 1.29 is 0 Å². The molecule has 2 nitrogen and oxygen atoms in total. The predicted octanol–water partition coefficient (Wildman–Crippen LogP) is 3.27. The average Bonchev–Trinajstić information content (AvgIpc) is 3.10. The lowest BCUT2D eigenvalue weighted by atomic mass is 9.82. The molecule has 1 N–H and O–H groups in total. The molecule has 2 fully saturated rings. The third kappa shape index (κ3) is 2.75. The van der Waals surface area contributed by atoms with Crippen molar-refractivity contribution in [3.8, 4) is 0 Å². The lowest BCUT2D eigenvalue weighted by Gasteiger charge is -2.52. The molecule has 0 bridgehead atoms. The van der Waals surface area contributed by atoms with Gasteiger partial charge in [-0.05, 0) is 44.4 Å². The highest BCUT2D eigenvalue weighted by molar-refractivity contribution is 5.02. The van der Waals surface area contributed by atoms with E-state index in [0.29, 0.717) is 17.0 Å². The molecular formula is C16H32N2. The van der Waals surface area contributed by atoms with Gasteiger partial charge in [-0.2, -0.15) is 0 Å². The summed E-state index contributed by atoms with van der Waals surface area (Å²) in [6, 6.07) is 1.34. The Labute approximate surface area is 114 Å². The number of piperazine rings is 1. The van der Waals surface area contributed by atoms with Crippen LogP contribution in [-0.4, -0.2) is 35.6 Å². The molecule has 0 amide bonds. The number of rotatable bonds is 3. The SMILES string of the molecule is CCC1CNC(C(C)(C)C)CN1C(C)(C)C1CC1. The molecule has 2 unspecified atom stereocenters. The number of nitrogens with zero attached hydrogens (tertiary/aromatic N) is 1. The Bertz CT molecular complexity index is 286. The maximum Gasteiger partial charge on any atom is 0.0244 e. The van der Waals surface area contributed by atoms with Gasteiger partial charge in [-0.3, -0.25) is 4.90 Å². The number of hydrogen-bond donors (Lipinski definition) is 1. The Morgan fingerprint density at radius 2 is 1.72 bits per heavy atom. The molecule has 0 aromatic rings. The summed E-state index contributed by atoms with van der Waals surface area (Å²) in [5.74, 6) is 0.935. The second-order valence-electron chi connectivity index (χ2n) is 7.97. The van der Waals surface area contributed by atoms with Crippen molar-refractivity contribution in [3.05, 3.63) is 0 Å². The van der Waals surface area contributed by atoms with E-state index >= 15 is 0 Å². The van der Waals surface area contributed by atoms with Crippen LogP contribution in [0.25, 0.3) is 0 Å². The third-order valence-corrected chi connectivity index (χ3v) is 5.25. The summed E-state index contributed by atoms with van der Waals surface area (Å²) in [5, 5.41) is 3.78. The average molecular weight is 252 g/mol. The zero-order valence-electron chi connectivity index (χ0n) is 13.2. The molecule has 1 heterocycles. The van der Waals surface area contributed by atoms with Crippen LogP contribution in [0, 0.1) is 11.3 Å². The zero-order chi connectivity index (χ0) is 13.6. The zero-order valence-corrected chi connectivity index (χ0v) is 13.2. The Morgan fingerprint density at radius 1 is 1.11 bits per heavy atom. The van der Waals surface area contributed by atoms with Crippen LogP contribution < -0.4 is 5.32 Å². The quantitative estimate of drug-likeness (QED) is 0.829. The lowest BCUT2D eigenvalue weighted by Crippen LogP contribution is -2.65. The molecule has 2 atom stereocenters. The van der Waals surface area contributed by atoms with Crippen molar-refractivity contribution in [2.75, 3.05) is 13.1 Å². The molecule has 0 aromatic carbocycles. The molecule has 0 spiro atoms. The summed E-state index contributed by atoms with van der Waals surface area (Å²) in [5.41, 5.74) is 0.753. The Kier molecular flexibility index (Phi) is 3.81. The normalized spacial score (nSPS) is 31.7. The van der Waals surface area contributed by atoms with Crippen molar-refractivity contribution in [2.24, 2.45) is 11.3 Å². The highest BCUT2D eigenvalue weighted by Crippen LogP contribution is 2.44. The van der Waals surface area contributed by atoms with E-state index in [1.165, 1.54) is 25.8 Å². The molecular weight excluding hydrogens is 220 g/mol. The molecule has 2 rings (SSSR count). The fourth-order valence-corrected chi connectivity index (χ4v) is 3.47. The highest BCUT2D eigenvalue weighted by Gasteiger charge is 2.46. The van der Waals surface area contributed by atoms with Gasteiger partial charge in [0.2, 0.25) is 0 Å². The fourth-order valence-electron chi connectivity index (χ4n) is 3.47. The van der Waals surface area contributed by atoms with Crippen molar-refractivity contribution in [1.29, 1.82) is 0 Å². The van der Waals surface area contributed by atoms with E-state index in [-0.39, 0.29) is 0 Å². The molecule has 0 aromatic heterocycles. The van der Waals surface area contributed by atoms with Gasteiger partial charge in [-0.15, -0.1) is 0 Å². The van der Waals surface area contributed by atoms with Gasteiger partial charge in [-0.25, -0.2) is 0 Å². The van der Waals surface area contributed by atoms with E-state index in [9.17, 15) is 0 Å². The molecule has 2 aliphatic rings. The van der Waals surface area contributed by atoms with Crippen LogP contribution in [0.15, 0.2) is 0 Å². The summed E-state index contributed by atoms with van der Waals surface area (Å²) in [4.78, 5) is 2.82. The first-order valence-corrected chi connectivity index (χ1v) is 7.77. The van der Waals surface area contributed by atoms with Crippen molar-refractivity contribution in [3.63, 3.8) is 0 Å². The maximum absolute atomic E-state index is 3.78. The first kappa shape index (κ1) is 14.3. The van der Waals surface area contributed by atoms with Gasteiger partial charge in [0.15, 0.2) is 0 Å². The first-order chi connectivity index (χ1) is 8.26. The van der Waals surface area contributed by atoms with Gasteiger partial charge in [-0.1, -0.05) is 27.7 Å². The van der Waals surface area contributed by atoms with Crippen LogP contribution in [0.5, 0.6) is 0 Å².